The molecule has 0 bridgehead atoms. The molecule has 0 aliphatic heterocycles. The number of rotatable bonds is 5. The normalized spacial score (nSPS) is 20.0. The van der Waals surface area contributed by atoms with Gasteiger partial charge in [-0.05, 0) is 46.5 Å². The summed E-state index contributed by atoms with van der Waals surface area (Å²) in [6, 6.07) is 0. The van der Waals surface area contributed by atoms with Crippen molar-refractivity contribution in [3.63, 3.8) is 0 Å². The maximum Gasteiger partial charge on any atom is 0.408 e. The van der Waals surface area contributed by atoms with Crippen LogP contribution in [0.5, 0.6) is 0 Å². The molecule has 0 atom stereocenters. The second kappa shape index (κ2) is 5.34. The SMILES string of the molecule is CC(C)(C)OC(=O)NC1(c2csc(NS(=O)(=O)C3CC3)n2)CC1. The monoisotopic (exact) mass is 359 g/mol. The number of amides is 1. The number of alkyl carbamates (subject to hydrolysis) is 1. The fourth-order valence-electron chi connectivity index (χ4n) is 2.19. The maximum absolute atomic E-state index is 12.0. The quantitative estimate of drug-likeness (QED) is 0.842. The van der Waals surface area contributed by atoms with E-state index in [9.17, 15) is 13.2 Å². The zero-order valence-corrected chi connectivity index (χ0v) is 15.0. The van der Waals surface area contributed by atoms with E-state index in [0.717, 1.165) is 12.8 Å². The van der Waals surface area contributed by atoms with E-state index in [1.54, 1.807) is 26.2 Å². The summed E-state index contributed by atoms with van der Waals surface area (Å²) in [6.07, 6.45) is 2.47. The van der Waals surface area contributed by atoms with E-state index in [4.69, 9.17) is 4.74 Å². The summed E-state index contributed by atoms with van der Waals surface area (Å²) in [7, 11) is -3.31. The van der Waals surface area contributed by atoms with Gasteiger partial charge in [-0.1, -0.05) is 0 Å². The van der Waals surface area contributed by atoms with Crippen LogP contribution < -0.4 is 10.0 Å². The molecule has 3 rings (SSSR count). The average molecular weight is 359 g/mol. The molecule has 1 aromatic heterocycles. The fraction of sp³-hybridized carbons (Fsp3) is 0.714. The van der Waals surface area contributed by atoms with Gasteiger partial charge in [0.15, 0.2) is 5.13 Å². The molecule has 2 aliphatic carbocycles. The van der Waals surface area contributed by atoms with Gasteiger partial charge in [-0.2, -0.15) is 0 Å². The topological polar surface area (TPSA) is 97.4 Å². The molecule has 1 aromatic rings. The van der Waals surface area contributed by atoms with E-state index in [0.29, 0.717) is 23.7 Å². The van der Waals surface area contributed by atoms with Crippen molar-refractivity contribution in [2.45, 2.75) is 62.8 Å². The molecule has 2 saturated carbocycles. The Kier molecular flexibility index (Phi) is 3.83. The van der Waals surface area contributed by atoms with Crippen LogP contribution in [0, 0.1) is 0 Å². The summed E-state index contributed by atoms with van der Waals surface area (Å²) < 4.78 is 31.7. The number of nitrogens with zero attached hydrogens (tertiary/aromatic N) is 1. The standard InChI is InChI=1S/C14H21N3O4S2/c1-13(2,3)21-12(18)16-14(6-7-14)10-8-22-11(15-10)17-23(19,20)9-4-5-9/h8-9H,4-7H2,1-3H3,(H,15,17)(H,16,18). The number of aromatic nitrogens is 1. The van der Waals surface area contributed by atoms with Gasteiger partial charge in [0.05, 0.1) is 16.5 Å². The minimum atomic E-state index is -3.31. The van der Waals surface area contributed by atoms with Gasteiger partial charge in [0.25, 0.3) is 0 Å². The molecule has 1 heterocycles. The van der Waals surface area contributed by atoms with Gasteiger partial charge in [0.2, 0.25) is 10.0 Å². The van der Waals surface area contributed by atoms with Crippen LogP contribution in [0.3, 0.4) is 0 Å². The van der Waals surface area contributed by atoms with Gasteiger partial charge in [0.1, 0.15) is 5.60 Å². The van der Waals surface area contributed by atoms with Crippen LogP contribution in [0.1, 0.15) is 52.1 Å². The number of sulfonamides is 1. The molecule has 0 radical (unpaired) electrons. The van der Waals surface area contributed by atoms with Gasteiger partial charge < -0.3 is 10.1 Å². The molecular weight excluding hydrogens is 338 g/mol. The highest BCUT2D eigenvalue weighted by atomic mass is 32.2. The number of anilines is 1. The molecule has 0 aromatic carbocycles. The van der Waals surface area contributed by atoms with Crippen LogP contribution >= 0.6 is 11.3 Å². The van der Waals surface area contributed by atoms with Crippen LogP contribution in [0.15, 0.2) is 5.38 Å². The Bertz CT molecular complexity index is 713. The highest BCUT2D eigenvalue weighted by molar-refractivity contribution is 7.93. The highest BCUT2D eigenvalue weighted by Crippen LogP contribution is 2.46. The van der Waals surface area contributed by atoms with Crippen molar-refractivity contribution in [2.75, 3.05) is 4.72 Å². The second-order valence-electron chi connectivity index (χ2n) is 7.09. The highest BCUT2D eigenvalue weighted by Gasteiger charge is 2.48. The van der Waals surface area contributed by atoms with Gasteiger partial charge in [-0.3, -0.25) is 4.72 Å². The van der Waals surface area contributed by atoms with Crippen LogP contribution in [-0.2, 0) is 20.3 Å². The Labute approximate surface area is 139 Å². The molecule has 23 heavy (non-hydrogen) atoms. The van der Waals surface area contributed by atoms with Crippen LogP contribution in [0.25, 0.3) is 0 Å². The van der Waals surface area contributed by atoms with Gasteiger partial charge in [-0.15, -0.1) is 11.3 Å². The molecule has 128 valence electrons. The lowest BCUT2D eigenvalue weighted by Gasteiger charge is -2.22. The Balaban J connectivity index is 1.66. The van der Waals surface area contributed by atoms with Crippen molar-refractivity contribution in [1.29, 1.82) is 0 Å². The Morgan fingerprint density at radius 2 is 2.04 bits per heavy atom. The third kappa shape index (κ3) is 3.95. The van der Waals surface area contributed by atoms with E-state index >= 15 is 0 Å². The minimum absolute atomic E-state index is 0.287. The lowest BCUT2D eigenvalue weighted by Crippen LogP contribution is -2.39. The number of nitrogens with one attached hydrogen (secondary N) is 2. The zero-order valence-electron chi connectivity index (χ0n) is 13.4. The first-order chi connectivity index (χ1) is 10.6. The average Bonchev–Trinajstić information content (AvgIpc) is 3.28. The molecule has 0 spiro atoms. The van der Waals surface area contributed by atoms with Gasteiger partial charge >= 0.3 is 6.09 Å². The first-order valence-corrected chi connectivity index (χ1v) is 10.0. The predicted molar refractivity (Wildman–Crippen MR) is 88.0 cm³/mol. The van der Waals surface area contributed by atoms with E-state index in [2.05, 4.69) is 15.0 Å². The minimum Gasteiger partial charge on any atom is -0.444 e. The Morgan fingerprint density at radius 1 is 1.39 bits per heavy atom. The lowest BCUT2D eigenvalue weighted by atomic mass is 10.2. The van der Waals surface area contributed by atoms with E-state index in [1.165, 1.54) is 11.3 Å². The molecule has 2 aliphatic rings. The number of carbonyl (C=O) groups excluding carboxylic acids is 1. The van der Waals surface area contributed by atoms with Crippen molar-refractivity contribution >= 4 is 32.6 Å². The maximum atomic E-state index is 12.0. The van der Waals surface area contributed by atoms with Crippen LogP contribution in [0.2, 0.25) is 0 Å². The van der Waals surface area contributed by atoms with E-state index in [-0.39, 0.29) is 5.25 Å². The summed E-state index contributed by atoms with van der Waals surface area (Å²) in [6.45, 7) is 5.42. The van der Waals surface area contributed by atoms with Crippen molar-refractivity contribution in [3.05, 3.63) is 11.1 Å². The number of thiazole rings is 1. The first kappa shape index (κ1) is 16.5. The Hall–Kier alpha value is -1.35. The molecule has 0 unspecified atom stereocenters. The van der Waals surface area contributed by atoms with Crippen LogP contribution in [-0.4, -0.2) is 30.3 Å². The lowest BCUT2D eigenvalue weighted by molar-refractivity contribution is 0.0494. The number of carbonyl (C=O) groups is 1. The second-order valence-corrected chi connectivity index (χ2v) is 9.91. The summed E-state index contributed by atoms with van der Waals surface area (Å²) in [4.78, 5) is 16.3. The summed E-state index contributed by atoms with van der Waals surface area (Å²) >= 11 is 1.24. The van der Waals surface area contributed by atoms with Gasteiger partial charge in [0, 0.05) is 5.38 Å². The van der Waals surface area contributed by atoms with Gasteiger partial charge in [-0.25, -0.2) is 18.2 Å². The fourth-order valence-corrected chi connectivity index (χ4v) is 4.60. The van der Waals surface area contributed by atoms with Crippen LogP contribution in [0.4, 0.5) is 9.93 Å². The largest absolute Gasteiger partial charge is 0.444 e. The summed E-state index contributed by atoms with van der Waals surface area (Å²) in [5, 5.41) is 4.71. The molecule has 2 fully saturated rings. The smallest absolute Gasteiger partial charge is 0.408 e. The van der Waals surface area contributed by atoms with E-state index in [1.807, 2.05) is 0 Å². The third-order valence-electron chi connectivity index (χ3n) is 3.68. The van der Waals surface area contributed by atoms with Crippen molar-refractivity contribution in [1.82, 2.24) is 10.3 Å². The molecule has 9 heteroatoms. The predicted octanol–water partition coefficient (Wildman–Crippen LogP) is 2.56. The molecule has 7 nitrogen and oxygen atoms in total. The van der Waals surface area contributed by atoms with Crippen molar-refractivity contribution in [3.8, 4) is 0 Å². The molecule has 1 amide bonds. The van der Waals surface area contributed by atoms with E-state index < -0.39 is 27.3 Å². The summed E-state index contributed by atoms with van der Waals surface area (Å²) in [5.74, 6) is 0. The number of ether oxygens (including phenoxy) is 1. The van der Waals surface area contributed by atoms with Crippen molar-refractivity contribution in [2.24, 2.45) is 0 Å². The zero-order chi connectivity index (χ0) is 16.9. The third-order valence-corrected chi connectivity index (χ3v) is 6.39. The first-order valence-electron chi connectivity index (χ1n) is 7.58. The molecular formula is C14H21N3O4S2. The number of hydrogen-bond acceptors (Lipinski definition) is 6. The summed E-state index contributed by atoms with van der Waals surface area (Å²) in [5.41, 5.74) is -0.406. The molecule has 0 saturated heterocycles. The molecule has 2 N–H and O–H groups in total. The van der Waals surface area contributed by atoms with Crippen molar-refractivity contribution < 1.29 is 17.9 Å². The number of hydrogen-bond donors (Lipinski definition) is 2. The Morgan fingerprint density at radius 3 is 2.57 bits per heavy atom.